The first-order valence-electron chi connectivity index (χ1n) is 6.10. The van der Waals surface area contributed by atoms with Crippen LogP contribution in [0.3, 0.4) is 0 Å². The van der Waals surface area contributed by atoms with Crippen LogP contribution in [0.5, 0.6) is 0 Å². The second-order valence-corrected chi connectivity index (χ2v) is 4.14. The highest BCUT2D eigenvalue weighted by Gasteiger charge is 1.99. The molecule has 0 aromatic heterocycles. The van der Waals surface area contributed by atoms with Crippen LogP contribution in [0.1, 0.15) is 18.1 Å². The summed E-state index contributed by atoms with van der Waals surface area (Å²) >= 11 is 0. The molecule has 2 aromatic carbocycles. The van der Waals surface area contributed by atoms with Crippen molar-refractivity contribution in [2.75, 3.05) is 0 Å². The molecule has 0 N–H and O–H groups in total. The van der Waals surface area contributed by atoms with E-state index in [0.29, 0.717) is 5.57 Å². The first kappa shape index (κ1) is 12.9. The molecule has 0 aliphatic rings. The molecule has 2 rings (SSSR count). The summed E-state index contributed by atoms with van der Waals surface area (Å²) in [4.78, 5) is 11.6. The van der Waals surface area contributed by atoms with E-state index < -0.39 is 0 Å². The van der Waals surface area contributed by atoms with Crippen LogP contribution in [-0.4, -0.2) is 5.78 Å². The topological polar surface area (TPSA) is 17.1 Å². The number of benzene rings is 2. The van der Waals surface area contributed by atoms with Crippen LogP contribution in [0.4, 0.5) is 0 Å². The maximum Gasteiger partial charge on any atom is 0.168 e. The van der Waals surface area contributed by atoms with Gasteiger partial charge in [-0.15, -0.1) is 0 Å². The van der Waals surface area contributed by atoms with Gasteiger partial charge in [-0.2, -0.15) is 0 Å². The third-order valence-electron chi connectivity index (χ3n) is 2.61. The minimum atomic E-state index is -0.0210. The van der Waals surface area contributed by atoms with Gasteiger partial charge < -0.3 is 0 Å². The van der Waals surface area contributed by atoms with E-state index in [9.17, 15) is 4.79 Å². The van der Waals surface area contributed by atoms with Crippen molar-refractivity contribution in [2.24, 2.45) is 0 Å². The van der Waals surface area contributed by atoms with E-state index in [1.807, 2.05) is 66.7 Å². The number of ketones is 1. The zero-order valence-corrected chi connectivity index (χ0v) is 10.8. The van der Waals surface area contributed by atoms with E-state index >= 15 is 0 Å². The molecule has 0 atom stereocenters. The SMILES string of the molecule is CC(=O)C(C#Cc1ccccc1)=Cc1ccccc1. The third-order valence-corrected chi connectivity index (χ3v) is 2.61. The summed E-state index contributed by atoms with van der Waals surface area (Å²) in [7, 11) is 0. The van der Waals surface area contributed by atoms with Gasteiger partial charge in [-0.3, -0.25) is 4.79 Å². The molecule has 0 saturated carbocycles. The van der Waals surface area contributed by atoms with Gasteiger partial charge in [-0.05, 0) is 30.7 Å². The van der Waals surface area contributed by atoms with Crippen molar-refractivity contribution in [3.05, 3.63) is 77.4 Å². The molecule has 0 amide bonds. The lowest BCUT2D eigenvalue weighted by atomic mass is 10.1. The normalized spacial score (nSPS) is 10.5. The van der Waals surface area contributed by atoms with Crippen molar-refractivity contribution >= 4 is 11.9 Å². The fourth-order valence-corrected chi connectivity index (χ4v) is 1.60. The summed E-state index contributed by atoms with van der Waals surface area (Å²) in [6.07, 6.45) is 1.82. The first-order valence-corrected chi connectivity index (χ1v) is 6.10. The number of rotatable bonds is 2. The molecular weight excluding hydrogens is 232 g/mol. The Kier molecular flexibility index (Phi) is 4.31. The van der Waals surface area contributed by atoms with Crippen LogP contribution >= 0.6 is 0 Å². The Labute approximate surface area is 113 Å². The molecule has 19 heavy (non-hydrogen) atoms. The lowest BCUT2D eigenvalue weighted by Gasteiger charge is -1.95. The number of carbonyl (C=O) groups excluding carboxylic acids is 1. The lowest BCUT2D eigenvalue weighted by molar-refractivity contribution is -0.113. The van der Waals surface area contributed by atoms with Crippen LogP contribution in [0.15, 0.2) is 66.2 Å². The second-order valence-electron chi connectivity index (χ2n) is 4.14. The summed E-state index contributed by atoms with van der Waals surface area (Å²) < 4.78 is 0. The van der Waals surface area contributed by atoms with Gasteiger partial charge in [0.25, 0.3) is 0 Å². The number of carbonyl (C=O) groups is 1. The first-order chi connectivity index (χ1) is 9.25. The maximum absolute atomic E-state index is 11.6. The van der Waals surface area contributed by atoms with E-state index in [2.05, 4.69) is 11.8 Å². The summed E-state index contributed by atoms with van der Waals surface area (Å²) in [5.41, 5.74) is 2.41. The molecule has 0 aliphatic carbocycles. The number of hydrogen-bond donors (Lipinski definition) is 0. The number of Topliss-reactive ketones (excluding diaryl/α,β-unsaturated/α-hetero) is 1. The predicted molar refractivity (Wildman–Crippen MR) is 78.4 cm³/mol. The second kappa shape index (κ2) is 6.37. The van der Waals surface area contributed by atoms with Crippen molar-refractivity contribution in [1.82, 2.24) is 0 Å². The highest BCUT2D eigenvalue weighted by Crippen LogP contribution is 2.07. The molecule has 1 heteroatoms. The van der Waals surface area contributed by atoms with Crippen molar-refractivity contribution < 1.29 is 4.79 Å². The molecule has 0 bridgehead atoms. The van der Waals surface area contributed by atoms with Crippen LogP contribution in [0, 0.1) is 11.8 Å². The van der Waals surface area contributed by atoms with Gasteiger partial charge in [0, 0.05) is 5.56 Å². The smallest absolute Gasteiger partial charge is 0.168 e. The van der Waals surface area contributed by atoms with E-state index in [4.69, 9.17) is 0 Å². The van der Waals surface area contributed by atoms with Gasteiger partial charge in [-0.25, -0.2) is 0 Å². The molecule has 0 fully saturated rings. The minimum Gasteiger partial charge on any atom is -0.294 e. The number of allylic oxidation sites excluding steroid dienone is 1. The molecule has 0 saturated heterocycles. The van der Waals surface area contributed by atoms with Crippen molar-refractivity contribution in [1.29, 1.82) is 0 Å². The van der Waals surface area contributed by atoms with Gasteiger partial charge in [-0.1, -0.05) is 60.4 Å². The standard InChI is InChI=1S/C18H14O/c1-15(19)18(14-17-10-6-3-7-11-17)13-12-16-8-4-2-5-9-16/h2-11,14H,1H3. The largest absolute Gasteiger partial charge is 0.294 e. The van der Waals surface area contributed by atoms with E-state index in [-0.39, 0.29) is 5.78 Å². The average molecular weight is 246 g/mol. The molecule has 0 spiro atoms. The Bertz CT molecular complexity index is 640. The van der Waals surface area contributed by atoms with E-state index in [1.54, 1.807) is 0 Å². The lowest BCUT2D eigenvalue weighted by Crippen LogP contribution is -1.93. The molecule has 2 aromatic rings. The van der Waals surface area contributed by atoms with Crippen LogP contribution in [0.25, 0.3) is 6.08 Å². The summed E-state index contributed by atoms with van der Waals surface area (Å²) in [5.74, 6) is 5.93. The average Bonchev–Trinajstić information content (AvgIpc) is 2.45. The summed E-state index contributed by atoms with van der Waals surface area (Å²) in [5, 5.41) is 0. The van der Waals surface area contributed by atoms with Crippen LogP contribution in [0.2, 0.25) is 0 Å². The Hall–Kier alpha value is -2.59. The van der Waals surface area contributed by atoms with Gasteiger partial charge in [0.05, 0.1) is 5.57 Å². The zero-order chi connectivity index (χ0) is 13.5. The van der Waals surface area contributed by atoms with Crippen molar-refractivity contribution in [2.45, 2.75) is 6.92 Å². The maximum atomic E-state index is 11.6. The van der Waals surface area contributed by atoms with Gasteiger partial charge in [0.2, 0.25) is 0 Å². The Balaban J connectivity index is 2.31. The van der Waals surface area contributed by atoms with Crippen molar-refractivity contribution in [3.63, 3.8) is 0 Å². The fourth-order valence-electron chi connectivity index (χ4n) is 1.60. The fraction of sp³-hybridized carbons (Fsp3) is 0.0556. The zero-order valence-electron chi connectivity index (χ0n) is 10.8. The van der Waals surface area contributed by atoms with E-state index in [0.717, 1.165) is 11.1 Å². The molecule has 0 heterocycles. The Morgan fingerprint density at radius 1 is 0.947 bits per heavy atom. The molecule has 0 aliphatic heterocycles. The van der Waals surface area contributed by atoms with Crippen LogP contribution < -0.4 is 0 Å². The van der Waals surface area contributed by atoms with Gasteiger partial charge in [0.1, 0.15) is 0 Å². The van der Waals surface area contributed by atoms with Crippen molar-refractivity contribution in [3.8, 4) is 11.8 Å². The molecule has 0 radical (unpaired) electrons. The third kappa shape index (κ3) is 3.97. The molecule has 92 valence electrons. The number of hydrogen-bond acceptors (Lipinski definition) is 1. The Morgan fingerprint density at radius 3 is 2.11 bits per heavy atom. The quantitative estimate of drug-likeness (QED) is 0.583. The monoisotopic (exact) mass is 246 g/mol. The highest BCUT2D eigenvalue weighted by atomic mass is 16.1. The van der Waals surface area contributed by atoms with Crippen LogP contribution in [-0.2, 0) is 4.79 Å². The van der Waals surface area contributed by atoms with Gasteiger partial charge in [0.15, 0.2) is 5.78 Å². The summed E-state index contributed by atoms with van der Waals surface area (Å²) in [6.45, 7) is 1.54. The summed E-state index contributed by atoms with van der Waals surface area (Å²) in [6, 6.07) is 19.4. The molecule has 1 nitrogen and oxygen atoms in total. The molecule has 0 unspecified atom stereocenters. The molecular formula is C18H14O. The van der Waals surface area contributed by atoms with Gasteiger partial charge >= 0.3 is 0 Å². The minimum absolute atomic E-state index is 0.0210. The Morgan fingerprint density at radius 2 is 1.53 bits per heavy atom. The van der Waals surface area contributed by atoms with E-state index in [1.165, 1.54) is 6.92 Å². The predicted octanol–water partition coefficient (Wildman–Crippen LogP) is 3.71. The highest BCUT2D eigenvalue weighted by molar-refractivity contribution is 6.02.